The summed E-state index contributed by atoms with van der Waals surface area (Å²) in [7, 11) is 0. The van der Waals surface area contributed by atoms with Gasteiger partial charge in [-0.3, -0.25) is 9.37 Å². The molecule has 1 atom stereocenters. The molecule has 8 heteroatoms. The smallest absolute Gasteiger partial charge is 0.268 e. The van der Waals surface area contributed by atoms with E-state index in [9.17, 15) is 8.94 Å². The van der Waals surface area contributed by atoms with E-state index in [1.165, 1.54) is 0 Å². The van der Waals surface area contributed by atoms with Gasteiger partial charge in [0.2, 0.25) is 0 Å². The van der Waals surface area contributed by atoms with Crippen molar-refractivity contribution in [2.24, 2.45) is 0 Å². The Morgan fingerprint density at radius 1 is 1.28 bits per heavy atom. The number of nitrogens with zero attached hydrogens (tertiary/aromatic N) is 5. The van der Waals surface area contributed by atoms with Crippen molar-refractivity contribution in [2.75, 3.05) is 12.4 Å². The fourth-order valence-electron chi connectivity index (χ4n) is 2.55. The molecule has 3 aromatic heterocycles. The minimum Gasteiger partial charge on any atom is -0.610 e. The Hall–Kier alpha value is -2.06. The molecule has 0 amide bonds. The van der Waals surface area contributed by atoms with Gasteiger partial charge in [-0.2, -0.15) is 10.1 Å². The van der Waals surface area contributed by atoms with Gasteiger partial charge in [-0.05, 0) is 32.9 Å². The molecule has 0 fully saturated rings. The second kappa shape index (κ2) is 7.45. The van der Waals surface area contributed by atoms with Crippen LogP contribution in [0.15, 0.2) is 29.4 Å². The largest absolute Gasteiger partial charge is 0.610 e. The summed E-state index contributed by atoms with van der Waals surface area (Å²) in [6, 6.07) is 5.66. The van der Waals surface area contributed by atoms with Gasteiger partial charge in [0.05, 0.1) is 12.4 Å². The molecule has 0 saturated heterocycles. The van der Waals surface area contributed by atoms with E-state index < -0.39 is 17.9 Å². The first-order chi connectivity index (χ1) is 12.0. The number of hydrogen-bond acceptors (Lipinski definition) is 5. The van der Waals surface area contributed by atoms with Gasteiger partial charge >= 0.3 is 0 Å². The lowest BCUT2D eigenvalue weighted by Gasteiger charge is -2.11. The summed E-state index contributed by atoms with van der Waals surface area (Å²) in [4.78, 5) is 13.5. The fraction of sp³-hybridized carbons (Fsp3) is 0.412. The molecule has 25 heavy (non-hydrogen) atoms. The molecule has 0 aliphatic heterocycles. The lowest BCUT2D eigenvalue weighted by atomic mass is 10.2. The monoisotopic (exact) mass is 361 g/mol. The Labute approximate surface area is 148 Å². The molecule has 0 saturated carbocycles. The molecule has 0 radical (unpaired) electrons. The number of alkyl halides is 1. The van der Waals surface area contributed by atoms with Gasteiger partial charge in [-0.15, -0.1) is 0 Å². The first kappa shape index (κ1) is 17.8. The number of halogens is 1. The Kier molecular flexibility index (Phi) is 5.29. The highest BCUT2D eigenvalue weighted by atomic mass is 32.2. The van der Waals surface area contributed by atoms with Crippen LogP contribution < -0.4 is 0 Å². The van der Waals surface area contributed by atoms with Crippen LogP contribution in [0.25, 0.3) is 22.6 Å². The standard InChI is InChI=1S/C17H20FN5OS/c1-11(2)23-16-15(14(22-23)13-7-4-5-9-19-13)20-12(3)17(21-16)25(24)10-6-8-18/h4-5,7,9,11H,6,8,10H2,1-3H3. The number of rotatable bonds is 6. The van der Waals surface area contributed by atoms with Gasteiger partial charge in [0.15, 0.2) is 5.65 Å². The Morgan fingerprint density at radius 2 is 2.08 bits per heavy atom. The predicted octanol–water partition coefficient (Wildman–Crippen LogP) is 3.24. The van der Waals surface area contributed by atoms with Crippen molar-refractivity contribution >= 4 is 22.3 Å². The summed E-state index contributed by atoms with van der Waals surface area (Å²) in [6.45, 7) is 5.27. The molecule has 0 spiro atoms. The Morgan fingerprint density at radius 3 is 2.72 bits per heavy atom. The van der Waals surface area contributed by atoms with Crippen LogP contribution in [0.1, 0.15) is 32.0 Å². The molecule has 6 nitrogen and oxygen atoms in total. The molecular weight excluding hydrogens is 341 g/mol. The average Bonchev–Trinajstić information content (AvgIpc) is 2.98. The molecule has 3 aromatic rings. The van der Waals surface area contributed by atoms with Gasteiger partial charge in [0.25, 0.3) is 5.03 Å². The first-order valence-electron chi connectivity index (χ1n) is 8.15. The molecule has 132 valence electrons. The molecule has 0 aliphatic rings. The molecule has 0 bridgehead atoms. The van der Waals surface area contributed by atoms with E-state index in [0.29, 0.717) is 33.3 Å². The molecule has 3 rings (SSSR count). The molecule has 0 N–H and O–H groups in total. The van der Waals surface area contributed by atoms with Crippen molar-refractivity contribution in [1.82, 2.24) is 24.7 Å². The number of aromatic nitrogens is 5. The summed E-state index contributed by atoms with van der Waals surface area (Å²) < 4.78 is 26.6. The van der Waals surface area contributed by atoms with Crippen LogP contribution in [0.5, 0.6) is 0 Å². The van der Waals surface area contributed by atoms with E-state index in [2.05, 4.69) is 20.1 Å². The van der Waals surface area contributed by atoms with Crippen LogP contribution in [0, 0.1) is 6.92 Å². The van der Waals surface area contributed by atoms with E-state index in [4.69, 9.17) is 0 Å². The summed E-state index contributed by atoms with van der Waals surface area (Å²) in [6.07, 6.45) is 1.95. The lowest BCUT2D eigenvalue weighted by Crippen LogP contribution is -2.13. The van der Waals surface area contributed by atoms with Gasteiger partial charge in [0, 0.05) is 29.8 Å². The van der Waals surface area contributed by atoms with E-state index in [-0.39, 0.29) is 18.2 Å². The van der Waals surface area contributed by atoms with Gasteiger partial charge in [-0.1, -0.05) is 6.07 Å². The highest BCUT2D eigenvalue weighted by molar-refractivity contribution is 7.91. The van der Waals surface area contributed by atoms with Gasteiger partial charge < -0.3 is 4.55 Å². The Balaban J connectivity index is 2.17. The quantitative estimate of drug-likeness (QED) is 0.630. The van der Waals surface area contributed by atoms with Crippen molar-refractivity contribution in [3.05, 3.63) is 30.1 Å². The van der Waals surface area contributed by atoms with Crippen LogP contribution >= 0.6 is 0 Å². The van der Waals surface area contributed by atoms with Crippen LogP contribution in [-0.2, 0) is 11.2 Å². The number of fused-ring (bicyclic) bond motifs is 1. The van der Waals surface area contributed by atoms with Crippen LogP contribution in [0.4, 0.5) is 4.39 Å². The van der Waals surface area contributed by atoms with E-state index in [1.54, 1.807) is 17.8 Å². The summed E-state index contributed by atoms with van der Waals surface area (Å²) in [5, 5.41) is 5.03. The molecule has 0 aromatic carbocycles. The van der Waals surface area contributed by atoms with E-state index in [0.717, 1.165) is 0 Å². The topological polar surface area (TPSA) is 79.5 Å². The SMILES string of the molecule is Cc1nc2c(-c3ccccn3)nn(C(C)C)c2nc1[S+]([O-])CCCF. The number of hydrogen-bond donors (Lipinski definition) is 0. The van der Waals surface area contributed by atoms with Crippen molar-refractivity contribution in [1.29, 1.82) is 0 Å². The van der Waals surface area contributed by atoms with Crippen molar-refractivity contribution in [2.45, 2.75) is 38.3 Å². The van der Waals surface area contributed by atoms with Gasteiger partial charge in [0.1, 0.15) is 22.7 Å². The van der Waals surface area contributed by atoms with Gasteiger partial charge in [-0.25, -0.2) is 9.67 Å². The Bertz CT molecular complexity index is 868. The van der Waals surface area contributed by atoms with Crippen LogP contribution in [-0.4, -0.2) is 41.7 Å². The predicted molar refractivity (Wildman–Crippen MR) is 95.5 cm³/mol. The zero-order chi connectivity index (χ0) is 18.0. The first-order valence-corrected chi connectivity index (χ1v) is 9.47. The third-order valence-electron chi connectivity index (χ3n) is 3.73. The summed E-state index contributed by atoms with van der Waals surface area (Å²) in [5.41, 5.74) is 3.15. The third kappa shape index (κ3) is 3.50. The van der Waals surface area contributed by atoms with Crippen molar-refractivity contribution in [3.8, 4) is 11.4 Å². The molecule has 0 aliphatic carbocycles. The minimum absolute atomic E-state index is 0.0593. The van der Waals surface area contributed by atoms with Crippen molar-refractivity contribution < 1.29 is 8.94 Å². The fourth-order valence-corrected chi connectivity index (χ4v) is 3.68. The van der Waals surface area contributed by atoms with Crippen LogP contribution in [0.2, 0.25) is 0 Å². The zero-order valence-electron chi connectivity index (χ0n) is 14.4. The highest BCUT2D eigenvalue weighted by Gasteiger charge is 2.24. The van der Waals surface area contributed by atoms with E-state index >= 15 is 0 Å². The lowest BCUT2D eigenvalue weighted by molar-refractivity contribution is 0.484. The number of pyridine rings is 1. The number of aryl methyl sites for hydroxylation is 1. The van der Waals surface area contributed by atoms with E-state index in [1.807, 2.05) is 32.0 Å². The second-order valence-corrected chi connectivity index (χ2v) is 7.47. The minimum atomic E-state index is -1.38. The van der Waals surface area contributed by atoms with Crippen LogP contribution in [0.3, 0.4) is 0 Å². The summed E-state index contributed by atoms with van der Waals surface area (Å²) >= 11 is -1.38. The molecule has 3 heterocycles. The summed E-state index contributed by atoms with van der Waals surface area (Å²) in [5.74, 6) is 0.237. The maximum atomic E-state index is 12.4. The van der Waals surface area contributed by atoms with Crippen molar-refractivity contribution in [3.63, 3.8) is 0 Å². The molecular formula is C17H20FN5OS. The average molecular weight is 361 g/mol. The second-order valence-electron chi connectivity index (χ2n) is 5.98. The zero-order valence-corrected chi connectivity index (χ0v) is 15.3. The molecule has 1 unspecified atom stereocenters. The maximum absolute atomic E-state index is 12.4. The maximum Gasteiger partial charge on any atom is 0.268 e. The highest BCUT2D eigenvalue weighted by Crippen LogP contribution is 2.28. The third-order valence-corrected chi connectivity index (χ3v) is 5.21. The normalized spacial score (nSPS) is 12.9.